The fourth-order valence-electron chi connectivity index (χ4n) is 6.06. The summed E-state index contributed by atoms with van der Waals surface area (Å²) in [4.78, 5) is 29.2. The second kappa shape index (κ2) is 11.6. The van der Waals surface area contributed by atoms with Gasteiger partial charge in [-0.3, -0.25) is 9.59 Å². The summed E-state index contributed by atoms with van der Waals surface area (Å²) in [5.74, 6) is 1.20. The normalized spacial score (nSPS) is 18.0. The van der Waals surface area contributed by atoms with E-state index in [1.807, 2.05) is 37.3 Å². The molecule has 1 aliphatic heterocycles. The molecule has 0 fully saturated rings. The van der Waals surface area contributed by atoms with Crippen molar-refractivity contribution in [2.75, 3.05) is 26.9 Å². The van der Waals surface area contributed by atoms with Gasteiger partial charge >= 0.3 is 0 Å². The maximum absolute atomic E-state index is 13.5. The summed E-state index contributed by atoms with van der Waals surface area (Å²) < 4.78 is 17.6. The smallest absolute Gasteiger partial charge is 0.161 e. The van der Waals surface area contributed by atoms with E-state index in [-0.39, 0.29) is 17.5 Å². The van der Waals surface area contributed by atoms with Crippen LogP contribution < -0.4 is 9.47 Å². The molecular formula is C32H37NO5. The van der Waals surface area contributed by atoms with Crippen LogP contribution in [0.25, 0.3) is 0 Å². The van der Waals surface area contributed by atoms with Crippen molar-refractivity contribution in [2.24, 2.45) is 0 Å². The fourth-order valence-corrected chi connectivity index (χ4v) is 6.06. The first-order valence-electron chi connectivity index (χ1n) is 13.8. The Balaban J connectivity index is 1.56. The van der Waals surface area contributed by atoms with Crippen LogP contribution in [-0.4, -0.2) is 43.3 Å². The van der Waals surface area contributed by atoms with Gasteiger partial charge in [0.25, 0.3) is 0 Å². The lowest BCUT2D eigenvalue weighted by Crippen LogP contribution is -2.40. The van der Waals surface area contributed by atoms with Gasteiger partial charge in [0.15, 0.2) is 23.1 Å². The zero-order chi connectivity index (χ0) is 26.6. The fraction of sp³-hybridized carbons (Fsp3) is 0.438. The molecule has 1 heterocycles. The summed E-state index contributed by atoms with van der Waals surface area (Å²) in [5, 5.41) is 0. The molecule has 0 atom stereocenters. The first-order valence-corrected chi connectivity index (χ1v) is 13.8. The van der Waals surface area contributed by atoms with Gasteiger partial charge in [-0.1, -0.05) is 35.9 Å². The van der Waals surface area contributed by atoms with Gasteiger partial charge in [0.2, 0.25) is 0 Å². The largest absolute Gasteiger partial charge is 0.490 e. The SMILES string of the molecule is CCOc1cc(C2C3=C(CCCC3=O)N(CCOC)C3=C2C(=O)CCC3)ccc1OCc1cccc(C)c1. The molecule has 2 aromatic rings. The van der Waals surface area contributed by atoms with E-state index >= 15 is 0 Å². The molecule has 6 heteroatoms. The summed E-state index contributed by atoms with van der Waals surface area (Å²) in [5.41, 5.74) is 6.86. The number of ether oxygens (including phenoxy) is 3. The van der Waals surface area contributed by atoms with Crippen molar-refractivity contribution in [3.05, 3.63) is 81.7 Å². The molecule has 0 saturated carbocycles. The Bertz CT molecular complexity index is 1250. The lowest BCUT2D eigenvalue weighted by Gasteiger charge is -2.44. The molecule has 3 aliphatic rings. The Labute approximate surface area is 225 Å². The maximum Gasteiger partial charge on any atom is 0.161 e. The molecule has 2 aromatic carbocycles. The summed E-state index contributed by atoms with van der Waals surface area (Å²) in [7, 11) is 1.69. The van der Waals surface area contributed by atoms with Crippen LogP contribution in [0.2, 0.25) is 0 Å². The molecule has 38 heavy (non-hydrogen) atoms. The van der Waals surface area contributed by atoms with Crippen molar-refractivity contribution in [1.82, 2.24) is 4.90 Å². The molecule has 2 aliphatic carbocycles. The molecule has 6 nitrogen and oxygen atoms in total. The Morgan fingerprint density at radius 3 is 2.21 bits per heavy atom. The van der Waals surface area contributed by atoms with Gasteiger partial charge in [-0.2, -0.15) is 0 Å². The first kappa shape index (κ1) is 26.2. The molecule has 0 radical (unpaired) electrons. The second-order valence-corrected chi connectivity index (χ2v) is 10.3. The van der Waals surface area contributed by atoms with Crippen LogP contribution in [0.15, 0.2) is 65.0 Å². The lowest BCUT2D eigenvalue weighted by molar-refractivity contribution is -0.117. The number of aryl methyl sites for hydroxylation is 1. The van der Waals surface area contributed by atoms with Gasteiger partial charge in [0.1, 0.15) is 6.61 Å². The molecule has 0 saturated heterocycles. The number of hydrogen-bond donors (Lipinski definition) is 0. The van der Waals surface area contributed by atoms with E-state index in [0.717, 1.165) is 59.4 Å². The van der Waals surface area contributed by atoms with Crippen LogP contribution in [-0.2, 0) is 20.9 Å². The van der Waals surface area contributed by atoms with E-state index < -0.39 is 0 Å². The van der Waals surface area contributed by atoms with Gasteiger partial charge < -0.3 is 19.1 Å². The molecule has 0 unspecified atom stereocenters. The highest BCUT2D eigenvalue weighted by molar-refractivity contribution is 6.06. The number of methoxy groups -OCH3 is 1. The van der Waals surface area contributed by atoms with E-state index in [2.05, 4.69) is 24.0 Å². The Morgan fingerprint density at radius 2 is 1.58 bits per heavy atom. The number of carbonyl (C=O) groups is 2. The Hall–Kier alpha value is -3.38. The molecule has 0 amide bonds. The molecule has 200 valence electrons. The molecule has 0 bridgehead atoms. The van der Waals surface area contributed by atoms with Gasteiger partial charge in [-0.05, 0) is 62.8 Å². The third-order valence-corrected chi connectivity index (χ3v) is 7.68. The molecule has 0 spiro atoms. The highest BCUT2D eigenvalue weighted by Gasteiger charge is 2.43. The van der Waals surface area contributed by atoms with Gasteiger partial charge in [-0.25, -0.2) is 0 Å². The van der Waals surface area contributed by atoms with Crippen LogP contribution in [0.1, 0.15) is 68.1 Å². The predicted molar refractivity (Wildman–Crippen MR) is 146 cm³/mol. The van der Waals surface area contributed by atoms with Gasteiger partial charge in [-0.15, -0.1) is 0 Å². The number of hydrogen-bond acceptors (Lipinski definition) is 6. The zero-order valence-electron chi connectivity index (χ0n) is 22.7. The number of Topliss-reactive ketones (excluding diaryl/α,β-unsaturated/α-hetero) is 2. The number of allylic oxidation sites excluding steroid dienone is 4. The van der Waals surface area contributed by atoms with E-state index in [4.69, 9.17) is 14.2 Å². The molecular weight excluding hydrogens is 478 g/mol. The van der Waals surface area contributed by atoms with Crippen LogP contribution in [0.4, 0.5) is 0 Å². The Kier molecular flexibility index (Phi) is 7.98. The first-order chi connectivity index (χ1) is 18.5. The number of rotatable bonds is 9. The lowest BCUT2D eigenvalue weighted by atomic mass is 9.71. The summed E-state index contributed by atoms with van der Waals surface area (Å²) in [6.07, 6.45) is 4.37. The van der Waals surface area contributed by atoms with Crippen LogP contribution in [0.3, 0.4) is 0 Å². The third kappa shape index (κ3) is 5.14. The topological polar surface area (TPSA) is 65.1 Å². The molecule has 5 rings (SSSR count). The Morgan fingerprint density at radius 1 is 0.868 bits per heavy atom. The standard InChI is InChI=1S/C32H37NO5/c1-4-37-29-19-23(14-15-28(29)38-20-22-9-5-8-21(2)18-22)30-31-24(10-6-12-26(31)34)33(16-17-36-3)25-11-7-13-27(35)32(25)30/h5,8-9,14-15,18-19,30H,4,6-7,10-13,16-17,20H2,1-3H3. The van der Waals surface area contributed by atoms with Crippen LogP contribution >= 0.6 is 0 Å². The van der Waals surface area contributed by atoms with E-state index in [0.29, 0.717) is 50.7 Å². The molecule has 0 aromatic heterocycles. The summed E-state index contributed by atoms with van der Waals surface area (Å²) in [6, 6.07) is 14.1. The van der Waals surface area contributed by atoms with Crippen molar-refractivity contribution in [1.29, 1.82) is 0 Å². The van der Waals surface area contributed by atoms with Crippen molar-refractivity contribution in [3.8, 4) is 11.5 Å². The van der Waals surface area contributed by atoms with Crippen molar-refractivity contribution >= 4 is 11.6 Å². The van der Waals surface area contributed by atoms with Crippen molar-refractivity contribution < 1.29 is 23.8 Å². The van der Waals surface area contributed by atoms with Crippen molar-refractivity contribution in [3.63, 3.8) is 0 Å². The molecule has 0 N–H and O–H groups in total. The van der Waals surface area contributed by atoms with Crippen LogP contribution in [0, 0.1) is 6.92 Å². The maximum atomic E-state index is 13.5. The number of benzene rings is 2. The highest BCUT2D eigenvalue weighted by atomic mass is 16.5. The third-order valence-electron chi connectivity index (χ3n) is 7.68. The second-order valence-electron chi connectivity index (χ2n) is 10.3. The minimum absolute atomic E-state index is 0.140. The highest BCUT2D eigenvalue weighted by Crippen LogP contribution is 2.50. The van der Waals surface area contributed by atoms with Gasteiger partial charge in [0, 0.05) is 55.0 Å². The summed E-state index contributed by atoms with van der Waals surface area (Å²) >= 11 is 0. The monoisotopic (exact) mass is 515 g/mol. The minimum atomic E-state index is -0.371. The number of carbonyl (C=O) groups excluding carboxylic acids is 2. The number of nitrogens with zero attached hydrogens (tertiary/aromatic N) is 1. The predicted octanol–water partition coefficient (Wildman–Crippen LogP) is 6.03. The van der Waals surface area contributed by atoms with Crippen molar-refractivity contribution in [2.45, 2.75) is 64.9 Å². The quantitative estimate of drug-likeness (QED) is 0.406. The summed E-state index contributed by atoms with van der Waals surface area (Å²) in [6.45, 7) is 6.12. The average Bonchev–Trinajstić information content (AvgIpc) is 2.91. The van der Waals surface area contributed by atoms with E-state index in [9.17, 15) is 9.59 Å². The minimum Gasteiger partial charge on any atom is -0.490 e. The van der Waals surface area contributed by atoms with Crippen LogP contribution in [0.5, 0.6) is 11.5 Å². The van der Waals surface area contributed by atoms with E-state index in [1.165, 1.54) is 5.56 Å². The average molecular weight is 516 g/mol. The number of ketones is 2. The zero-order valence-corrected chi connectivity index (χ0v) is 22.7. The van der Waals surface area contributed by atoms with E-state index in [1.54, 1.807) is 7.11 Å². The van der Waals surface area contributed by atoms with Gasteiger partial charge in [0.05, 0.1) is 13.2 Å².